The van der Waals surface area contributed by atoms with Crippen molar-refractivity contribution < 1.29 is 13.9 Å². The first-order chi connectivity index (χ1) is 21.8. The molecule has 0 radical (unpaired) electrons. The number of para-hydroxylation sites is 2. The number of benzene rings is 3. The number of nitrogens with zero attached hydrogens (tertiary/aromatic N) is 4. The number of allylic oxidation sites excluding steroid dienone is 1. The smallest absolute Gasteiger partial charge is 0.271 e. The van der Waals surface area contributed by atoms with Crippen molar-refractivity contribution in [3.8, 4) is 5.75 Å². The van der Waals surface area contributed by atoms with Crippen molar-refractivity contribution in [2.75, 3.05) is 20.2 Å². The molecule has 2 aromatic heterocycles. The minimum Gasteiger partial charge on any atom is -0.496 e. The summed E-state index contributed by atoms with van der Waals surface area (Å²) in [5, 5.41) is 0.965. The van der Waals surface area contributed by atoms with Gasteiger partial charge >= 0.3 is 0 Å². The number of fused-ring (bicyclic) bond motifs is 2. The number of aromatic nitrogens is 2. The number of likely N-dealkylation sites (N-methyl/N-ethyl adjacent to an activating group) is 1. The van der Waals surface area contributed by atoms with Crippen LogP contribution in [0.25, 0.3) is 17.0 Å². The van der Waals surface area contributed by atoms with Gasteiger partial charge in [0.05, 0.1) is 29.5 Å². The topological polar surface area (TPSA) is 68.8 Å². The van der Waals surface area contributed by atoms with E-state index in [2.05, 4.69) is 4.57 Å². The maximum absolute atomic E-state index is 14.7. The van der Waals surface area contributed by atoms with Crippen LogP contribution in [-0.2, 0) is 11.3 Å². The molecule has 3 heterocycles. The first-order valence-electron chi connectivity index (χ1n) is 15.0. The van der Waals surface area contributed by atoms with Crippen molar-refractivity contribution in [3.63, 3.8) is 0 Å². The third-order valence-corrected chi connectivity index (χ3v) is 9.56. The summed E-state index contributed by atoms with van der Waals surface area (Å²) in [5.74, 6) is 0.175. The fourth-order valence-corrected chi connectivity index (χ4v) is 7.26. The van der Waals surface area contributed by atoms with Crippen LogP contribution in [0.4, 0.5) is 4.39 Å². The summed E-state index contributed by atoms with van der Waals surface area (Å²) in [6, 6.07) is 21.5. The summed E-state index contributed by atoms with van der Waals surface area (Å²) in [6.45, 7) is 9.13. The highest BCUT2D eigenvalue weighted by Gasteiger charge is 2.35. The summed E-state index contributed by atoms with van der Waals surface area (Å²) in [4.78, 5) is 35.5. The Morgan fingerprint density at radius 3 is 2.44 bits per heavy atom. The Hall–Kier alpha value is -4.76. The van der Waals surface area contributed by atoms with Gasteiger partial charge in [-0.05, 0) is 52.0 Å². The van der Waals surface area contributed by atoms with E-state index in [1.54, 1.807) is 28.7 Å². The van der Waals surface area contributed by atoms with Gasteiger partial charge in [0, 0.05) is 46.4 Å². The first kappa shape index (κ1) is 30.3. The van der Waals surface area contributed by atoms with Crippen LogP contribution in [0, 0.1) is 12.7 Å². The Morgan fingerprint density at radius 2 is 1.71 bits per heavy atom. The third-order valence-electron chi connectivity index (χ3n) is 8.58. The normalized spacial score (nSPS) is 14.9. The molecule has 0 fully saturated rings. The van der Waals surface area contributed by atoms with Crippen LogP contribution < -0.4 is 19.6 Å². The number of carbonyl (C=O) groups is 1. The van der Waals surface area contributed by atoms with Crippen LogP contribution in [-0.4, -0.2) is 40.1 Å². The van der Waals surface area contributed by atoms with Crippen molar-refractivity contribution in [3.05, 3.63) is 132 Å². The summed E-state index contributed by atoms with van der Waals surface area (Å²) < 4.78 is 24.6. The van der Waals surface area contributed by atoms with Crippen LogP contribution >= 0.6 is 11.3 Å². The monoisotopic (exact) mass is 622 g/mol. The SMILES string of the molecule is CCN(CC)C(=O)C1=C(C)N=c2s/c(=C/c3c(C)n(Cc4ccccc4F)c4ccccc34)c(=O)n2[C@@H]1c1ccccc1OC. The van der Waals surface area contributed by atoms with E-state index in [1.165, 1.54) is 17.4 Å². The summed E-state index contributed by atoms with van der Waals surface area (Å²) in [7, 11) is 1.59. The number of carbonyl (C=O) groups excluding carboxylic acids is 1. The molecule has 0 aliphatic carbocycles. The summed E-state index contributed by atoms with van der Waals surface area (Å²) >= 11 is 1.30. The molecule has 5 aromatic rings. The first-order valence-corrected chi connectivity index (χ1v) is 15.9. The average molecular weight is 623 g/mol. The lowest BCUT2D eigenvalue weighted by atomic mass is 9.94. The second-order valence-corrected chi connectivity index (χ2v) is 12.0. The van der Waals surface area contributed by atoms with Crippen LogP contribution in [0.1, 0.15) is 49.2 Å². The van der Waals surface area contributed by atoms with Crippen molar-refractivity contribution in [1.29, 1.82) is 0 Å². The molecule has 0 N–H and O–H groups in total. The number of halogens is 1. The predicted molar refractivity (Wildman–Crippen MR) is 177 cm³/mol. The van der Waals surface area contributed by atoms with E-state index < -0.39 is 6.04 Å². The number of ether oxygens (including phenoxy) is 1. The summed E-state index contributed by atoms with van der Waals surface area (Å²) in [6.07, 6.45) is 1.91. The molecule has 1 atom stereocenters. The highest BCUT2D eigenvalue weighted by atomic mass is 32.1. The molecule has 9 heteroatoms. The Bertz CT molecular complexity index is 2150. The Morgan fingerprint density at radius 1 is 1.02 bits per heavy atom. The van der Waals surface area contributed by atoms with E-state index in [0.29, 0.717) is 51.6 Å². The standard InChI is InChI=1S/C36H35FN4O3S/c1-6-39(7-2)35(43)32-22(3)38-36-41(33(32)26-16-10-13-19-30(26)44-5)34(42)31(45-36)20-27-23(4)40(29-18-12-9-15-25(27)29)21-24-14-8-11-17-28(24)37/h8-20,33H,6-7,21H2,1-5H3/b31-20+/t33-/m1/s1. The van der Waals surface area contributed by atoms with Crippen LogP contribution in [0.15, 0.2) is 93.9 Å². The van der Waals surface area contributed by atoms with E-state index in [1.807, 2.05) is 88.4 Å². The maximum Gasteiger partial charge on any atom is 0.271 e. The molecule has 0 unspecified atom stereocenters. The number of hydrogen-bond donors (Lipinski definition) is 0. The van der Waals surface area contributed by atoms with Crippen molar-refractivity contribution in [2.24, 2.45) is 4.99 Å². The van der Waals surface area contributed by atoms with Gasteiger partial charge in [-0.25, -0.2) is 9.38 Å². The quantitative estimate of drug-likeness (QED) is 0.228. The Labute approximate surface area is 264 Å². The molecule has 1 aliphatic rings. The molecule has 0 spiro atoms. The zero-order chi connectivity index (χ0) is 31.8. The molecule has 6 rings (SSSR count). The van der Waals surface area contributed by atoms with Gasteiger partial charge in [-0.1, -0.05) is 65.9 Å². The molecule has 0 saturated heterocycles. The average Bonchev–Trinajstić information content (AvgIpc) is 3.50. The molecule has 230 valence electrons. The Balaban J connectivity index is 1.57. The van der Waals surface area contributed by atoms with Gasteiger partial charge in [-0.15, -0.1) is 0 Å². The highest BCUT2D eigenvalue weighted by molar-refractivity contribution is 7.07. The number of rotatable bonds is 8. The molecular weight excluding hydrogens is 587 g/mol. The van der Waals surface area contributed by atoms with Gasteiger partial charge < -0.3 is 14.2 Å². The van der Waals surface area contributed by atoms with E-state index in [4.69, 9.17) is 9.73 Å². The molecule has 1 amide bonds. The molecule has 0 saturated carbocycles. The maximum atomic E-state index is 14.7. The zero-order valence-corrected chi connectivity index (χ0v) is 26.8. The summed E-state index contributed by atoms with van der Waals surface area (Å²) in [5.41, 5.74) is 4.86. The molecule has 1 aliphatic heterocycles. The van der Waals surface area contributed by atoms with Gasteiger partial charge in [0.15, 0.2) is 4.80 Å². The van der Waals surface area contributed by atoms with Gasteiger partial charge in [-0.2, -0.15) is 0 Å². The van der Waals surface area contributed by atoms with Crippen molar-refractivity contribution >= 4 is 34.2 Å². The van der Waals surface area contributed by atoms with Crippen LogP contribution in [0.5, 0.6) is 5.75 Å². The van der Waals surface area contributed by atoms with E-state index >= 15 is 0 Å². The lowest BCUT2D eigenvalue weighted by Crippen LogP contribution is -2.43. The number of methoxy groups -OCH3 is 1. The minimum absolute atomic E-state index is 0.154. The van der Waals surface area contributed by atoms with Gasteiger partial charge in [0.25, 0.3) is 11.5 Å². The molecule has 7 nitrogen and oxygen atoms in total. The molecule has 0 bridgehead atoms. The highest BCUT2D eigenvalue weighted by Crippen LogP contribution is 2.36. The molecule has 3 aromatic carbocycles. The van der Waals surface area contributed by atoms with E-state index in [0.717, 1.165) is 27.7 Å². The second kappa shape index (κ2) is 12.3. The number of amides is 1. The lowest BCUT2D eigenvalue weighted by molar-refractivity contribution is -0.127. The third kappa shape index (κ3) is 5.21. The molecular formula is C36H35FN4O3S. The number of thiazole rings is 1. The van der Waals surface area contributed by atoms with Gasteiger partial charge in [0.1, 0.15) is 17.6 Å². The largest absolute Gasteiger partial charge is 0.496 e. The Kier molecular flexibility index (Phi) is 8.29. The lowest BCUT2D eigenvalue weighted by Gasteiger charge is -2.29. The fourth-order valence-electron chi connectivity index (χ4n) is 6.23. The minimum atomic E-state index is -0.712. The molecule has 45 heavy (non-hydrogen) atoms. The number of hydrogen-bond acceptors (Lipinski definition) is 5. The fraction of sp³-hybridized carbons (Fsp3) is 0.250. The van der Waals surface area contributed by atoms with E-state index in [-0.39, 0.29) is 17.3 Å². The van der Waals surface area contributed by atoms with Crippen molar-refractivity contribution in [2.45, 2.75) is 40.3 Å². The predicted octanol–water partition coefficient (Wildman–Crippen LogP) is 5.56. The van der Waals surface area contributed by atoms with E-state index in [9.17, 15) is 14.0 Å². The van der Waals surface area contributed by atoms with Crippen LogP contribution in [0.3, 0.4) is 0 Å². The van der Waals surface area contributed by atoms with Gasteiger partial charge in [0.2, 0.25) is 0 Å². The van der Waals surface area contributed by atoms with Crippen LogP contribution in [0.2, 0.25) is 0 Å². The second-order valence-electron chi connectivity index (χ2n) is 11.0. The zero-order valence-electron chi connectivity index (χ0n) is 26.0. The van der Waals surface area contributed by atoms with Gasteiger partial charge in [-0.3, -0.25) is 14.2 Å². The van der Waals surface area contributed by atoms with Crippen molar-refractivity contribution in [1.82, 2.24) is 14.0 Å².